The van der Waals surface area contributed by atoms with Crippen molar-refractivity contribution in [3.63, 3.8) is 0 Å². The van der Waals surface area contributed by atoms with Gasteiger partial charge in [0, 0.05) is 0 Å². The number of aryl methyl sites for hydroxylation is 2. The fraction of sp³-hybridized carbons (Fsp3) is 0.571. The van der Waals surface area contributed by atoms with E-state index in [9.17, 15) is 5.11 Å². The molecule has 0 saturated heterocycles. The highest BCUT2D eigenvalue weighted by atomic mass is 16.3. The van der Waals surface area contributed by atoms with Gasteiger partial charge in [0.15, 0.2) is 0 Å². The van der Waals surface area contributed by atoms with Crippen molar-refractivity contribution in [2.45, 2.75) is 53.1 Å². The van der Waals surface area contributed by atoms with Gasteiger partial charge in [-0.25, -0.2) is 0 Å². The molecular formula is C14H22O. The quantitative estimate of drug-likeness (QED) is 0.743. The predicted molar refractivity (Wildman–Crippen MR) is 65.2 cm³/mol. The second-order valence-electron chi connectivity index (χ2n) is 5.45. The summed E-state index contributed by atoms with van der Waals surface area (Å²) < 4.78 is 0. The zero-order valence-electron chi connectivity index (χ0n) is 10.7. The Hall–Kier alpha value is -0.820. The molecule has 15 heavy (non-hydrogen) atoms. The van der Waals surface area contributed by atoms with Gasteiger partial charge in [0.1, 0.15) is 0 Å². The maximum atomic E-state index is 9.68. The fourth-order valence-corrected chi connectivity index (χ4v) is 2.07. The molecule has 1 heteroatoms. The van der Waals surface area contributed by atoms with Crippen LogP contribution in [0.25, 0.3) is 0 Å². The van der Waals surface area contributed by atoms with E-state index in [4.69, 9.17) is 0 Å². The lowest BCUT2D eigenvalue weighted by Crippen LogP contribution is -2.13. The van der Waals surface area contributed by atoms with E-state index < -0.39 is 0 Å². The lowest BCUT2D eigenvalue weighted by Gasteiger charge is -2.23. The lowest BCUT2D eigenvalue weighted by molar-refractivity contribution is 0.197. The third-order valence-electron chi connectivity index (χ3n) is 2.88. The number of hydrogen-bond donors (Lipinski definition) is 1. The zero-order valence-corrected chi connectivity index (χ0v) is 10.7. The molecule has 0 aliphatic heterocycles. The Kier molecular flexibility index (Phi) is 3.25. The minimum Gasteiger partial charge on any atom is -0.389 e. The molecule has 0 aliphatic rings. The van der Waals surface area contributed by atoms with Gasteiger partial charge in [0.25, 0.3) is 0 Å². The molecular weight excluding hydrogens is 184 g/mol. The molecule has 1 unspecified atom stereocenters. The number of aliphatic hydroxyl groups excluding tert-OH is 1. The smallest absolute Gasteiger partial charge is 0.0767 e. The van der Waals surface area contributed by atoms with Crippen LogP contribution in [0.2, 0.25) is 0 Å². The largest absolute Gasteiger partial charge is 0.389 e. The highest BCUT2D eigenvalue weighted by Gasteiger charge is 2.17. The molecule has 1 nitrogen and oxygen atoms in total. The van der Waals surface area contributed by atoms with Crippen molar-refractivity contribution in [3.8, 4) is 0 Å². The molecule has 0 saturated carbocycles. The van der Waals surface area contributed by atoms with Gasteiger partial charge in [-0.3, -0.25) is 0 Å². The molecule has 1 aromatic rings. The summed E-state index contributed by atoms with van der Waals surface area (Å²) in [6.45, 7) is 12.6. The van der Waals surface area contributed by atoms with E-state index in [1.165, 1.54) is 16.7 Å². The van der Waals surface area contributed by atoms with Crippen LogP contribution in [0, 0.1) is 13.8 Å². The Morgan fingerprint density at radius 1 is 1.07 bits per heavy atom. The molecule has 0 heterocycles. The summed E-state index contributed by atoms with van der Waals surface area (Å²) >= 11 is 0. The molecule has 0 spiro atoms. The Morgan fingerprint density at radius 3 is 1.73 bits per heavy atom. The van der Waals surface area contributed by atoms with E-state index in [-0.39, 0.29) is 11.5 Å². The summed E-state index contributed by atoms with van der Waals surface area (Å²) in [6.07, 6.45) is -0.376. The molecule has 84 valence electrons. The van der Waals surface area contributed by atoms with Gasteiger partial charge in [-0.05, 0) is 48.4 Å². The molecule has 0 radical (unpaired) electrons. The Balaban J connectivity index is 3.32. The van der Waals surface area contributed by atoms with Crippen LogP contribution in [0.5, 0.6) is 0 Å². The summed E-state index contributed by atoms with van der Waals surface area (Å²) in [6, 6.07) is 4.38. The van der Waals surface area contributed by atoms with Crippen LogP contribution < -0.4 is 0 Å². The van der Waals surface area contributed by atoms with Crippen molar-refractivity contribution in [2.75, 3.05) is 0 Å². The van der Waals surface area contributed by atoms with Crippen molar-refractivity contribution in [1.29, 1.82) is 0 Å². The number of rotatable bonds is 1. The first kappa shape index (κ1) is 12.3. The molecule has 0 aliphatic carbocycles. The molecule has 1 atom stereocenters. The maximum Gasteiger partial charge on any atom is 0.0767 e. The van der Waals surface area contributed by atoms with Gasteiger partial charge >= 0.3 is 0 Å². The molecule has 0 aromatic heterocycles. The van der Waals surface area contributed by atoms with Gasteiger partial charge in [0.2, 0.25) is 0 Å². The Bertz CT molecular complexity index is 333. The molecule has 1 rings (SSSR count). The van der Waals surface area contributed by atoms with E-state index >= 15 is 0 Å². The molecule has 1 aromatic carbocycles. The second kappa shape index (κ2) is 3.97. The van der Waals surface area contributed by atoms with Crippen molar-refractivity contribution >= 4 is 0 Å². The maximum absolute atomic E-state index is 9.68. The summed E-state index contributed by atoms with van der Waals surface area (Å²) in [5.41, 5.74) is 4.96. The minimum atomic E-state index is -0.376. The molecule has 0 fully saturated rings. The summed E-state index contributed by atoms with van der Waals surface area (Å²) in [4.78, 5) is 0. The molecule has 0 amide bonds. The first-order valence-electron chi connectivity index (χ1n) is 5.53. The first-order chi connectivity index (χ1) is 6.73. The summed E-state index contributed by atoms with van der Waals surface area (Å²) in [7, 11) is 0. The van der Waals surface area contributed by atoms with Gasteiger partial charge < -0.3 is 5.11 Å². The van der Waals surface area contributed by atoms with Crippen molar-refractivity contribution in [3.05, 3.63) is 34.4 Å². The van der Waals surface area contributed by atoms with Crippen LogP contribution >= 0.6 is 0 Å². The predicted octanol–water partition coefficient (Wildman–Crippen LogP) is 3.65. The number of benzene rings is 1. The highest BCUT2D eigenvalue weighted by molar-refractivity contribution is 5.41. The van der Waals surface area contributed by atoms with Crippen LogP contribution in [-0.2, 0) is 5.41 Å². The third-order valence-corrected chi connectivity index (χ3v) is 2.88. The molecule has 0 bridgehead atoms. The minimum absolute atomic E-state index is 0.173. The average Bonchev–Trinajstić information content (AvgIpc) is 1.99. The average molecular weight is 206 g/mol. The third kappa shape index (κ3) is 2.60. The summed E-state index contributed by atoms with van der Waals surface area (Å²) in [5, 5.41) is 9.68. The number of hydrogen-bond acceptors (Lipinski definition) is 1. The topological polar surface area (TPSA) is 20.2 Å². The standard InChI is InChI=1S/C14H22O/c1-9-7-12(14(4,5)6)8-10(2)13(9)11(3)15/h7-8,11,15H,1-6H3. The fourth-order valence-electron chi connectivity index (χ4n) is 2.07. The van der Waals surface area contributed by atoms with Gasteiger partial charge in [0.05, 0.1) is 6.10 Å². The van der Waals surface area contributed by atoms with Crippen molar-refractivity contribution < 1.29 is 5.11 Å². The van der Waals surface area contributed by atoms with E-state index in [0.717, 1.165) is 5.56 Å². The van der Waals surface area contributed by atoms with E-state index in [2.05, 4.69) is 46.8 Å². The van der Waals surface area contributed by atoms with Crippen LogP contribution in [0.4, 0.5) is 0 Å². The van der Waals surface area contributed by atoms with Crippen LogP contribution in [-0.4, -0.2) is 5.11 Å². The zero-order chi connectivity index (χ0) is 11.8. The summed E-state index contributed by atoms with van der Waals surface area (Å²) in [5.74, 6) is 0. The van der Waals surface area contributed by atoms with E-state index in [1.807, 2.05) is 6.92 Å². The molecule has 1 N–H and O–H groups in total. The lowest BCUT2D eigenvalue weighted by atomic mass is 9.83. The van der Waals surface area contributed by atoms with Crippen LogP contribution in [0.3, 0.4) is 0 Å². The van der Waals surface area contributed by atoms with Crippen LogP contribution in [0.15, 0.2) is 12.1 Å². The SMILES string of the molecule is Cc1cc(C(C)(C)C)cc(C)c1C(C)O. The van der Waals surface area contributed by atoms with Crippen molar-refractivity contribution in [2.24, 2.45) is 0 Å². The first-order valence-corrected chi connectivity index (χ1v) is 5.53. The second-order valence-corrected chi connectivity index (χ2v) is 5.45. The normalized spacial score (nSPS) is 14.1. The van der Waals surface area contributed by atoms with Gasteiger partial charge in [-0.1, -0.05) is 32.9 Å². The van der Waals surface area contributed by atoms with Crippen molar-refractivity contribution in [1.82, 2.24) is 0 Å². The van der Waals surface area contributed by atoms with E-state index in [0.29, 0.717) is 0 Å². The Labute approximate surface area is 93.1 Å². The van der Waals surface area contributed by atoms with E-state index in [1.54, 1.807) is 0 Å². The van der Waals surface area contributed by atoms with Crippen LogP contribution in [0.1, 0.15) is 56.1 Å². The highest BCUT2D eigenvalue weighted by Crippen LogP contribution is 2.29. The van der Waals surface area contributed by atoms with Gasteiger partial charge in [-0.15, -0.1) is 0 Å². The number of aliphatic hydroxyl groups is 1. The monoisotopic (exact) mass is 206 g/mol. The Morgan fingerprint density at radius 2 is 1.47 bits per heavy atom. The van der Waals surface area contributed by atoms with Gasteiger partial charge in [-0.2, -0.15) is 0 Å².